The summed E-state index contributed by atoms with van der Waals surface area (Å²) >= 11 is 0. The fourth-order valence-electron chi connectivity index (χ4n) is 4.66. The second kappa shape index (κ2) is 11.6. The summed E-state index contributed by atoms with van der Waals surface area (Å²) in [5.41, 5.74) is 1.83. The number of halogens is 4. The molecule has 0 radical (unpaired) electrons. The number of pyridine rings is 1. The van der Waals surface area contributed by atoms with E-state index in [2.05, 4.69) is 10.3 Å². The van der Waals surface area contributed by atoms with Gasteiger partial charge in [0.2, 0.25) is 0 Å². The molecule has 40 heavy (non-hydrogen) atoms. The molecule has 0 amide bonds. The number of esters is 1. The summed E-state index contributed by atoms with van der Waals surface area (Å²) in [6.07, 6.45) is 3.77. The number of H-pyrrole nitrogens is 1. The molecule has 2 aromatic carbocycles. The Kier molecular flexibility index (Phi) is 8.43. The number of anilines is 1. The van der Waals surface area contributed by atoms with Crippen molar-refractivity contribution in [1.29, 1.82) is 0 Å². The molecule has 0 atom stereocenters. The zero-order valence-corrected chi connectivity index (χ0v) is 22.0. The monoisotopic (exact) mass is 559 g/mol. The van der Waals surface area contributed by atoms with Gasteiger partial charge in [-0.3, -0.25) is 14.4 Å². The highest BCUT2D eigenvalue weighted by Crippen LogP contribution is 2.28. The van der Waals surface area contributed by atoms with Gasteiger partial charge >= 0.3 is 5.97 Å². The van der Waals surface area contributed by atoms with Crippen LogP contribution in [0.1, 0.15) is 61.0 Å². The molecule has 11 heteroatoms. The lowest BCUT2D eigenvalue weighted by Crippen LogP contribution is -2.49. The number of aromatic amines is 1. The first-order valence-corrected chi connectivity index (χ1v) is 12.8. The molecule has 0 spiro atoms. The zero-order valence-electron chi connectivity index (χ0n) is 22.0. The van der Waals surface area contributed by atoms with Gasteiger partial charge < -0.3 is 20.8 Å². The highest BCUT2D eigenvalue weighted by atomic mass is 19.1. The van der Waals surface area contributed by atoms with Crippen molar-refractivity contribution in [2.75, 3.05) is 12.3 Å². The summed E-state index contributed by atoms with van der Waals surface area (Å²) in [4.78, 5) is 40.1. The van der Waals surface area contributed by atoms with Crippen LogP contribution >= 0.6 is 0 Å². The second-order valence-electron chi connectivity index (χ2n) is 10.3. The zero-order chi connectivity index (χ0) is 29.2. The van der Waals surface area contributed by atoms with Crippen molar-refractivity contribution in [2.24, 2.45) is 0 Å². The van der Waals surface area contributed by atoms with E-state index in [9.17, 15) is 23.2 Å². The molecule has 1 heterocycles. The lowest BCUT2D eigenvalue weighted by Gasteiger charge is -2.26. The standard InChI is InChI=1S/C29H29F4N3O4/c1-29(2,28(39)40-17-5-3-4-6-17)35-10-9-15-11-22(32)24(23(33)12-15)19-14-20(26(34)36-27(19)38)25(37)18-8-7-16(30)13-21(18)31/h7-8,11-14,17,35H,3-6,9-10H2,1-2H3,(H3,34,36,38). The summed E-state index contributed by atoms with van der Waals surface area (Å²) in [5, 5.41) is 3.05. The Bertz CT molecular complexity index is 1490. The van der Waals surface area contributed by atoms with Gasteiger partial charge in [-0.1, -0.05) is 0 Å². The van der Waals surface area contributed by atoms with Crippen LogP contribution in [0.2, 0.25) is 0 Å². The van der Waals surface area contributed by atoms with E-state index in [0.29, 0.717) is 6.07 Å². The average Bonchev–Trinajstić information content (AvgIpc) is 3.37. The van der Waals surface area contributed by atoms with Crippen LogP contribution in [-0.4, -0.2) is 34.9 Å². The van der Waals surface area contributed by atoms with E-state index in [1.54, 1.807) is 13.8 Å². The number of carbonyl (C=O) groups excluding carboxylic acids is 2. The van der Waals surface area contributed by atoms with Gasteiger partial charge in [0.05, 0.1) is 22.3 Å². The van der Waals surface area contributed by atoms with Crippen LogP contribution in [0.5, 0.6) is 0 Å². The third-order valence-electron chi connectivity index (χ3n) is 6.93. The predicted octanol–water partition coefficient (Wildman–Crippen LogP) is 4.81. The van der Waals surface area contributed by atoms with Crippen LogP contribution < -0.4 is 16.6 Å². The second-order valence-corrected chi connectivity index (χ2v) is 10.3. The lowest BCUT2D eigenvalue weighted by atomic mass is 9.97. The Morgan fingerprint density at radius 3 is 2.27 bits per heavy atom. The molecule has 1 aliphatic carbocycles. The summed E-state index contributed by atoms with van der Waals surface area (Å²) in [6, 6.07) is 5.23. The first-order chi connectivity index (χ1) is 18.9. The average molecular weight is 560 g/mol. The maximum atomic E-state index is 15.2. The lowest BCUT2D eigenvalue weighted by molar-refractivity contribution is -0.155. The number of nitrogens with two attached hydrogens (primary N) is 1. The van der Waals surface area contributed by atoms with Gasteiger partial charge in [-0.05, 0) is 81.8 Å². The third-order valence-corrected chi connectivity index (χ3v) is 6.93. The van der Waals surface area contributed by atoms with Crippen molar-refractivity contribution >= 4 is 17.6 Å². The largest absolute Gasteiger partial charge is 0.461 e. The summed E-state index contributed by atoms with van der Waals surface area (Å²) in [5.74, 6) is -6.07. The van der Waals surface area contributed by atoms with Crippen molar-refractivity contribution < 1.29 is 31.9 Å². The molecule has 3 aromatic rings. The number of aromatic nitrogens is 1. The van der Waals surface area contributed by atoms with E-state index in [1.165, 1.54) is 0 Å². The molecule has 1 aliphatic rings. The molecule has 0 saturated heterocycles. The smallest absolute Gasteiger partial charge is 0.326 e. The van der Waals surface area contributed by atoms with Crippen LogP contribution in [0.25, 0.3) is 11.1 Å². The van der Waals surface area contributed by atoms with Crippen LogP contribution in [0, 0.1) is 23.3 Å². The Morgan fingerprint density at radius 1 is 1.00 bits per heavy atom. The van der Waals surface area contributed by atoms with Crippen LogP contribution in [0.3, 0.4) is 0 Å². The molecule has 4 N–H and O–H groups in total. The molecule has 4 rings (SSSR count). The van der Waals surface area contributed by atoms with E-state index in [1.807, 2.05) is 0 Å². The van der Waals surface area contributed by atoms with Crippen molar-refractivity contribution in [3.8, 4) is 11.1 Å². The number of nitrogens with one attached hydrogen (secondary N) is 2. The number of hydrogen-bond acceptors (Lipinski definition) is 6. The van der Waals surface area contributed by atoms with E-state index >= 15 is 8.78 Å². The summed E-state index contributed by atoms with van der Waals surface area (Å²) in [7, 11) is 0. The highest BCUT2D eigenvalue weighted by molar-refractivity contribution is 6.12. The molecule has 7 nitrogen and oxygen atoms in total. The number of ether oxygens (including phenoxy) is 1. The Balaban J connectivity index is 1.53. The molecule has 1 aromatic heterocycles. The Hall–Kier alpha value is -3.99. The minimum atomic E-state index is -1.16. The predicted molar refractivity (Wildman–Crippen MR) is 141 cm³/mol. The van der Waals surface area contributed by atoms with Crippen molar-refractivity contribution in [3.63, 3.8) is 0 Å². The first-order valence-electron chi connectivity index (χ1n) is 12.8. The Labute approximate surface area is 227 Å². The van der Waals surface area contributed by atoms with E-state index in [-0.39, 0.29) is 24.6 Å². The molecule has 1 fully saturated rings. The number of ketones is 1. The van der Waals surface area contributed by atoms with E-state index in [0.717, 1.165) is 56.0 Å². The number of nitrogen functional groups attached to an aromatic ring is 1. The van der Waals surface area contributed by atoms with Crippen LogP contribution in [0.4, 0.5) is 23.4 Å². The number of carbonyl (C=O) groups is 2. The maximum absolute atomic E-state index is 15.2. The summed E-state index contributed by atoms with van der Waals surface area (Å²) in [6.45, 7) is 3.53. The molecule has 0 bridgehead atoms. The van der Waals surface area contributed by atoms with Gasteiger partial charge in [0.15, 0.2) is 5.78 Å². The van der Waals surface area contributed by atoms with Crippen molar-refractivity contribution in [2.45, 2.75) is 57.6 Å². The number of hydrogen-bond donors (Lipinski definition) is 3. The van der Waals surface area contributed by atoms with E-state index in [4.69, 9.17) is 10.5 Å². The van der Waals surface area contributed by atoms with Crippen molar-refractivity contribution in [3.05, 3.63) is 86.7 Å². The maximum Gasteiger partial charge on any atom is 0.326 e. The van der Waals surface area contributed by atoms with E-state index < -0.39 is 74.2 Å². The fourth-order valence-corrected chi connectivity index (χ4v) is 4.66. The fraction of sp³-hybridized carbons (Fsp3) is 0.345. The minimum absolute atomic E-state index is 0.0914. The molecule has 212 valence electrons. The molecular weight excluding hydrogens is 530 g/mol. The molecule has 1 saturated carbocycles. The van der Waals surface area contributed by atoms with Gasteiger partial charge in [-0.15, -0.1) is 0 Å². The SMILES string of the molecule is CC(C)(NCCc1cc(F)c(-c2cc(C(=O)c3ccc(F)cc3F)c(N)[nH]c2=O)c(F)c1)C(=O)OC1CCCC1. The van der Waals surface area contributed by atoms with Crippen molar-refractivity contribution in [1.82, 2.24) is 10.3 Å². The molecule has 0 unspecified atom stereocenters. The third kappa shape index (κ3) is 6.25. The summed E-state index contributed by atoms with van der Waals surface area (Å²) < 4.78 is 63.3. The quantitative estimate of drug-likeness (QED) is 0.197. The number of benzene rings is 2. The topological polar surface area (TPSA) is 114 Å². The minimum Gasteiger partial charge on any atom is -0.461 e. The molecular formula is C29H29F4N3O4. The Morgan fingerprint density at radius 2 is 1.65 bits per heavy atom. The van der Waals surface area contributed by atoms with Gasteiger partial charge in [0.25, 0.3) is 5.56 Å². The van der Waals surface area contributed by atoms with Gasteiger partial charge in [-0.2, -0.15) is 0 Å². The van der Waals surface area contributed by atoms with Gasteiger partial charge in [0.1, 0.15) is 40.7 Å². The first kappa shape index (κ1) is 29.0. The van der Waals surface area contributed by atoms with Gasteiger partial charge in [-0.25, -0.2) is 17.6 Å². The molecule has 0 aliphatic heterocycles. The highest BCUT2D eigenvalue weighted by Gasteiger charge is 2.32. The number of rotatable bonds is 9. The van der Waals surface area contributed by atoms with Gasteiger partial charge in [0, 0.05) is 12.6 Å². The van der Waals surface area contributed by atoms with Crippen LogP contribution in [0.15, 0.2) is 41.2 Å². The normalized spacial score (nSPS) is 13.9. The van der Waals surface area contributed by atoms with Crippen LogP contribution in [-0.2, 0) is 16.0 Å².